The lowest BCUT2D eigenvalue weighted by atomic mass is 9.84. The maximum atomic E-state index is 11.2. The maximum Gasteiger partial charge on any atom is 0.123 e. The molecule has 2 saturated heterocycles. The van der Waals surface area contributed by atoms with E-state index < -0.39 is 0 Å². The number of aldehydes is 1. The first kappa shape index (κ1) is 14.7. The van der Waals surface area contributed by atoms with Gasteiger partial charge in [-0.15, -0.1) is 0 Å². The van der Waals surface area contributed by atoms with E-state index in [-0.39, 0.29) is 5.92 Å². The number of hydrogen-bond donors (Lipinski definition) is 0. The van der Waals surface area contributed by atoms with Crippen molar-refractivity contribution in [1.29, 1.82) is 0 Å². The Morgan fingerprint density at radius 2 is 2.00 bits per heavy atom. The largest absolute Gasteiger partial charge is 0.306 e. The zero-order valence-electron chi connectivity index (χ0n) is 12.9. The third kappa shape index (κ3) is 3.53. The van der Waals surface area contributed by atoms with E-state index >= 15 is 0 Å². The molecule has 3 atom stereocenters. The normalized spacial score (nSPS) is 31.4. The molecule has 0 saturated carbocycles. The summed E-state index contributed by atoms with van der Waals surface area (Å²) in [7, 11) is 2.21. The number of hydrogen-bond acceptors (Lipinski definition) is 3. The van der Waals surface area contributed by atoms with E-state index in [9.17, 15) is 4.79 Å². The number of benzene rings is 1. The smallest absolute Gasteiger partial charge is 0.123 e. The van der Waals surface area contributed by atoms with Gasteiger partial charge in [-0.1, -0.05) is 30.3 Å². The molecule has 3 nitrogen and oxygen atoms in total. The minimum atomic E-state index is 0.271. The van der Waals surface area contributed by atoms with Gasteiger partial charge in [-0.2, -0.15) is 0 Å². The first-order valence-electron chi connectivity index (χ1n) is 8.18. The maximum absolute atomic E-state index is 11.2. The molecule has 2 aliphatic heterocycles. The highest BCUT2D eigenvalue weighted by Crippen LogP contribution is 2.32. The zero-order valence-corrected chi connectivity index (χ0v) is 12.9. The van der Waals surface area contributed by atoms with Crippen LogP contribution in [-0.2, 0) is 11.3 Å². The van der Waals surface area contributed by atoms with Crippen LogP contribution in [-0.4, -0.2) is 48.8 Å². The molecule has 0 spiro atoms. The van der Waals surface area contributed by atoms with E-state index in [1.165, 1.54) is 31.4 Å². The monoisotopic (exact) mass is 286 g/mol. The van der Waals surface area contributed by atoms with Crippen molar-refractivity contribution >= 4 is 6.29 Å². The molecule has 0 radical (unpaired) electrons. The number of likely N-dealkylation sites (tertiary alicyclic amines) is 2. The molecular formula is C18H26N2O. The predicted molar refractivity (Wildman–Crippen MR) is 85.0 cm³/mol. The Kier molecular flexibility index (Phi) is 4.71. The van der Waals surface area contributed by atoms with E-state index in [4.69, 9.17) is 0 Å². The third-order valence-corrected chi connectivity index (χ3v) is 5.19. The van der Waals surface area contributed by atoms with Crippen molar-refractivity contribution in [3.63, 3.8) is 0 Å². The topological polar surface area (TPSA) is 23.6 Å². The third-order valence-electron chi connectivity index (χ3n) is 5.19. The molecule has 2 heterocycles. The van der Waals surface area contributed by atoms with Crippen LogP contribution in [0.3, 0.4) is 0 Å². The summed E-state index contributed by atoms with van der Waals surface area (Å²) in [5.74, 6) is 0.995. The number of piperidine rings is 1. The van der Waals surface area contributed by atoms with E-state index in [0.29, 0.717) is 6.04 Å². The molecule has 1 aromatic carbocycles. The summed E-state index contributed by atoms with van der Waals surface area (Å²) in [4.78, 5) is 16.3. The minimum absolute atomic E-state index is 0.271. The van der Waals surface area contributed by atoms with Crippen molar-refractivity contribution in [3.05, 3.63) is 35.9 Å². The van der Waals surface area contributed by atoms with Gasteiger partial charge in [0, 0.05) is 25.0 Å². The standard InChI is InChI=1S/C18H26N2O/c1-19-9-8-17(13-19)18-11-16(14-21)7-10-20(18)12-15-5-3-2-4-6-15/h2-6,14,16-18H,7-13H2,1H3. The van der Waals surface area contributed by atoms with E-state index in [0.717, 1.165) is 31.8 Å². The van der Waals surface area contributed by atoms with Crippen LogP contribution in [0.1, 0.15) is 24.8 Å². The highest BCUT2D eigenvalue weighted by molar-refractivity contribution is 5.53. The van der Waals surface area contributed by atoms with Gasteiger partial charge in [0.05, 0.1) is 0 Å². The van der Waals surface area contributed by atoms with Crippen molar-refractivity contribution < 1.29 is 4.79 Å². The molecular weight excluding hydrogens is 260 g/mol. The summed E-state index contributed by atoms with van der Waals surface area (Å²) in [5, 5.41) is 0. The molecule has 1 aromatic rings. The van der Waals surface area contributed by atoms with E-state index in [1.54, 1.807) is 0 Å². The number of nitrogens with zero attached hydrogens (tertiary/aromatic N) is 2. The van der Waals surface area contributed by atoms with Crippen LogP contribution in [0.25, 0.3) is 0 Å². The molecule has 0 aliphatic carbocycles. The average Bonchev–Trinajstić information content (AvgIpc) is 2.95. The van der Waals surface area contributed by atoms with Gasteiger partial charge in [-0.25, -0.2) is 0 Å². The van der Waals surface area contributed by atoms with Crippen LogP contribution in [0.4, 0.5) is 0 Å². The Bertz CT molecular complexity index is 462. The van der Waals surface area contributed by atoms with Gasteiger partial charge in [-0.05, 0) is 50.9 Å². The summed E-state index contributed by atoms with van der Waals surface area (Å²) in [6.45, 7) is 4.47. The molecule has 3 rings (SSSR count). The highest BCUT2D eigenvalue weighted by Gasteiger charge is 2.36. The second-order valence-electron chi connectivity index (χ2n) is 6.75. The molecule has 0 amide bonds. The van der Waals surface area contributed by atoms with Gasteiger partial charge in [0.1, 0.15) is 6.29 Å². The predicted octanol–water partition coefficient (Wildman–Crippen LogP) is 2.42. The van der Waals surface area contributed by atoms with Crippen LogP contribution < -0.4 is 0 Å². The van der Waals surface area contributed by atoms with Gasteiger partial charge in [0.25, 0.3) is 0 Å². The lowest BCUT2D eigenvalue weighted by Crippen LogP contribution is -2.47. The zero-order chi connectivity index (χ0) is 14.7. The van der Waals surface area contributed by atoms with Crippen LogP contribution in [0, 0.1) is 11.8 Å². The Labute approximate surface area is 127 Å². The Morgan fingerprint density at radius 1 is 1.19 bits per heavy atom. The molecule has 0 aromatic heterocycles. The Hall–Kier alpha value is -1.19. The van der Waals surface area contributed by atoms with Gasteiger partial charge < -0.3 is 9.69 Å². The summed E-state index contributed by atoms with van der Waals surface area (Å²) < 4.78 is 0. The fraction of sp³-hybridized carbons (Fsp3) is 0.611. The van der Waals surface area contributed by atoms with Gasteiger partial charge in [0.15, 0.2) is 0 Å². The molecule has 21 heavy (non-hydrogen) atoms. The summed E-state index contributed by atoms with van der Waals surface area (Å²) in [6, 6.07) is 11.3. The first-order valence-corrected chi connectivity index (χ1v) is 8.18. The molecule has 2 fully saturated rings. The van der Waals surface area contributed by atoms with E-state index in [1.807, 2.05) is 0 Å². The Morgan fingerprint density at radius 3 is 2.67 bits per heavy atom. The number of carbonyl (C=O) groups is 1. The number of carbonyl (C=O) groups excluding carboxylic acids is 1. The van der Waals surface area contributed by atoms with Gasteiger partial charge >= 0.3 is 0 Å². The van der Waals surface area contributed by atoms with Crippen molar-refractivity contribution in [2.24, 2.45) is 11.8 Å². The van der Waals surface area contributed by atoms with Crippen LogP contribution in [0.5, 0.6) is 0 Å². The van der Waals surface area contributed by atoms with Crippen molar-refractivity contribution in [2.45, 2.75) is 31.8 Å². The van der Waals surface area contributed by atoms with Crippen LogP contribution in [0.2, 0.25) is 0 Å². The average molecular weight is 286 g/mol. The van der Waals surface area contributed by atoms with Gasteiger partial charge in [-0.3, -0.25) is 4.90 Å². The SMILES string of the molecule is CN1CCC(C2CC(C=O)CCN2Cc2ccccc2)C1. The number of rotatable bonds is 4. The minimum Gasteiger partial charge on any atom is -0.306 e. The molecule has 3 unspecified atom stereocenters. The van der Waals surface area contributed by atoms with Crippen molar-refractivity contribution in [3.8, 4) is 0 Å². The Balaban J connectivity index is 1.71. The molecule has 114 valence electrons. The van der Waals surface area contributed by atoms with Crippen LogP contribution in [0.15, 0.2) is 30.3 Å². The fourth-order valence-electron chi connectivity index (χ4n) is 3.99. The quantitative estimate of drug-likeness (QED) is 0.794. The van der Waals surface area contributed by atoms with Crippen molar-refractivity contribution in [1.82, 2.24) is 9.80 Å². The van der Waals surface area contributed by atoms with E-state index in [2.05, 4.69) is 47.2 Å². The lowest BCUT2D eigenvalue weighted by Gasteiger charge is -2.41. The van der Waals surface area contributed by atoms with Gasteiger partial charge in [0.2, 0.25) is 0 Å². The lowest BCUT2D eigenvalue weighted by molar-refractivity contribution is -0.113. The summed E-state index contributed by atoms with van der Waals surface area (Å²) in [5.41, 5.74) is 1.39. The highest BCUT2D eigenvalue weighted by atomic mass is 16.1. The molecule has 0 N–H and O–H groups in total. The second kappa shape index (κ2) is 6.71. The molecule has 2 aliphatic rings. The van der Waals surface area contributed by atoms with Crippen LogP contribution >= 0.6 is 0 Å². The molecule has 3 heteroatoms. The van der Waals surface area contributed by atoms with Crippen molar-refractivity contribution in [2.75, 3.05) is 26.7 Å². The first-order chi connectivity index (χ1) is 10.3. The summed E-state index contributed by atoms with van der Waals surface area (Å²) >= 11 is 0. The summed E-state index contributed by atoms with van der Waals surface area (Å²) in [6.07, 6.45) is 4.54. The fourth-order valence-corrected chi connectivity index (χ4v) is 3.99. The second-order valence-corrected chi connectivity index (χ2v) is 6.75. The molecule has 0 bridgehead atoms.